The maximum absolute atomic E-state index is 12.3. The van der Waals surface area contributed by atoms with Gasteiger partial charge in [-0.1, -0.05) is 11.6 Å². The van der Waals surface area contributed by atoms with Crippen LogP contribution in [0.4, 0.5) is 18.9 Å². The Hall–Kier alpha value is -0.950. The van der Waals surface area contributed by atoms with Gasteiger partial charge in [-0.2, -0.15) is 13.2 Å². The summed E-state index contributed by atoms with van der Waals surface area (Å²) in [7, 11) is 0. The molecule has 1 aromatic carbocycles. The molecule has 0 saturated heterocycles. The van der Waals surface area contributed by atoms with E-state index >= 15 is 0 Å². The summed E-state index contributed by atoms with van der Waals surface area (Å²) in [4.78, 5) is 9.20. The van der Waals surface area contributed by atoms with Gasteiger partial charge < -0.3 is 0 Å². The molecule has 0 N–H and O–H groups in total. The van der Waals surface area contributed by atoms with E-state index in [2.05, 4.69) is 12.6 Å². The summed E-state index contributed by atoms with van der Waals surface area (Å²) in [5, 5.41) is 9.75. The highest BCUT2D eigenvalue weighted by atomic mass is 35.5. The summed E-state index contributed by atoms with van der Waals surface area (Å²) in [6, 6.07) is 1.16. The van der Waals surface area contributed by atoms with Gasteiger partial charge in [-0.25, -0.2) is 0 Å². The van der Waals surface area contributed by atoms with E-state index in [0.717, 1.165) is 6.07 Å². The largest absolute Gasteiger partial charge is 0.418 e. The smallest absolute Gasteiger partial charge is 0.258 e. The van der Waals surface area contributed by atoms with E-state index in [9.17, 15) is 23.3 Å². The molecule has 15 heavy (non-hydrogen) atoms. The van der Waals surface area contributed by atoms with E-state index in [-0.39, 0.29) is 4.90 Å². The van der Waals surface area contributed by atoms with Crippen molar-refractivity contribution in [3.8, 4) is 0 Å². The van der Waals surface area contributed by atoms with E-state index < -0.39 is 27.4 Å². The van der Waals surface area contributed by atoms with Crippen LogP contribution in [0.3, 0.4) is 0 Å². The van der Waals surface area contributed by atoms with Gasteiger partial charge in [0.1, 0.15) is 0 Å². The number of nitro benzene ring substituents is 1. The fraction of sp³-hybridized carbons (Fsp3) is 0.143. The summed E-state index contributed by atoms with van der Waals surface area (Å²) in [5.41, 5.74) is -1.97. The van der Waals surface area contributed by atoms with Crippen LogP contribution < -0.4 is 0 Å². The number of alkyl halides is 3. The molecule has 0 aliphatic heterocycles. The first-order chi connectivity index (χ1) is 6.73. The molecule has 0 aliphatic carbocycles. The van der Waals surface area contributed by atoms with Crippen molar-refractivity contribution in [3.63, 3.8) is 0 Å². The van der Waals surface area contributed by atoms with Gasteiger partial charge >= 0.3 is 6.18 Å². The summed E-state index contributed by atoms with van der Waals surface area (Å²) >= 11 is 8.96. The minimum absolute atomic E-state index is 0.210. The first kappa shape index (κ1) is 12.1. The third-order valence-corrected chi connectivity index (χ3v) is 2.24. The van der Waals surface area contributed by atoms with Crippen LogP contribution in [0.1, 0.15) is 5.56 Å². The standard InChI is InChI=1S/C7H3ClF3NO2S/c8-4-2-6(15)5(12(13)14)1-3(4)7(9,10)11/h1-2,15H. The molecule has 0 aliphatic rings. The molecule has 0 heterocycles. The van der Waals surface area contributed by atoms with Crippen molar-refractivity contribution >= 4 is 29.9 Å². The minimum Gasteiger partial charge on any atom is -0.258 e. The normalized spacial score (nSPS) is 11.5. The fourth-order valence-electron chi connectivity index (χ4n) is 0.915. The molecule has 3 nitrogen and oxygen atoms in total. The highest BCUT2D eigenvalue weighted by molar-refractivity contribution is 7.80. The SMILES string of the molecule is O=[N+]([O-])c1cc(C(F)(F)F)c(Cl)cc1S. The van der Waals surface area contributed by atoms with Crippen LogP contribution in [0.2, 0.25) is 5.02 Å². The van der Waals surface area contributed by atoms with Crippen molar-refractivity contribution in [3.05, 3.63) is 32.8 Å². The zero-order chi connectivity index (χ0) is 11.8. The average molecular weight is 258 g/mol. The second kappa shape index (κ2) is 3.90. The Morgan fingerprint density at radius 3 is 2.33 bits per heavy atom. The van der Waals surface area contributed by atoms with Gasteiger partial charge in [0.2, 0.25) is 0 Å². The molecule has 0 spiro atoms. The monoisotopic (exact) mass is 257 g/mol. The molecule has 0 amide bonds. The van der Waals surface area contributed by atoms with E-state index in [1.54, 1.807) is 0 Å². The number of benzene rings is 1. The Bertz CT molecular complexity index is 421. The molecule has 0 bridgehead atoms. The predicted octanol–water partition coefficient (Wildman–Crippen LogP) is 3.56. The molecular weight excluding hydrogens is 255 g/mol. The topological polar surface area (TPSA) is 43.1 Å². The van der Waals surface area contributed by atoms with Crippen molar-refractivity contribution in [1.29, 1.82) is 0 Å². The van der Waals surface area contributed by atoms with Crippen LogP contribution in [-0.2, 0) is 6.18 Å². The van der Waals surface area contributed by atoms with Crippen molar-refractivity contribution in [1.82, 2.24) is 0 Å². The van der Waals surface area contributed by atoms with E-state index in [4.69, 9.17) is 11.6 Å². The van der Waals surface area contributed by atoms with Crippen molar-refractivity contribution < 1.29 is 18.1 Å². The third kappa shape index (κ3) is 2.54. The van der Waals surface area contributed by atoms with Crippen LogP contribution >= 0.6 is 24.2 Å². The van der Waals surface area contributed by atoms with Gasteiger partial charge in [-0.15, -0.1) is 12.6 Å². The van der Waals surface area contributed by atoms with Crippen molar-refractivity contribution in [2.75, 3.05) is 0 Å². The molecule has 1 aromatic rings. The number of hydrogen-bond donors (Lipinski definition) is 1. The number of hydrogen-bond acceptors (Lipinski definition) is 3. The van der Waals surface area contributed by atoms with Crippen LogP contribution in [0.25, 0.3) is 0 Å². The van der Waals surface area contributed by atoms with Crippen molar-refractivity contribution in [2.24, 2.45) is 0 Å². The minimum atomic E-state index is -4.72. The third-order valence-electron chi connectivity index (χ3n) is 1.57. The van der Waals surface area contributed by atoms with Crippen LogP contribution in [0.15, 0.2) is 17.0 Å². The molecule has 0 saturated carbocycles. The van der Waals surface area contributed by atoms with Gasteiger partial charge in [-0.3, -0.25) is 10.1 Å². The fourth-order valence-corrected chi connectivity index (χ4v) is 1.54. The Labute approximate surface area is 92.4 Å². The lowest BCUT2D eigenvalue weighted by Crippen LogP contribution is -2.07. The first-order valence-electron chi connectivity index (χ1n) is 3.47. The molecular formula is C7H3ClF3NO2S. The molecule has 0 unspecified atom stereocenters. The van der Waals surface area contributed by atoms with Crippen LogP contribution in [0.5, 0.6) is 0 Å². The number of nitro groups is 1. The number of thiol groups is 1. The number of halogens is 4. The van der Waals surface area contributed by atoms with E-state index in [1.165, 1.54) is 0 Å². The molecule has 1 rings (SSSR count). The highest BCUT2D eigenvalue weighted by Gasteiger charge is 2.35. The quantitative estimate of drug-likeness (QED) is 0.475. The molecule has 0 fully saturated rings. The van der Waals surface area contributed by atoms with E-state index in [0.29, 0.717) is 6.07 Å². The van der Waals surface area contributed by atoms with Gasteiger partial charge in [0.25, 0.3) is 5.69 Å². The van der Waals surface area contributed by atoms with Crippen LogP contribution in [-0.4, -0.2) is 4.92 Å². The molecule has 8 heteroatoms. The zero-order valence-electron chi connectivity index (χ0n) is 6.88. The number of rotatable bonds is 1. The van der Waals surface area contributed by atoms with Gasteiger partial charge in [0.05, 0.1) is 20.4 Å². The van der Waals surface area contributed by atoms with Gasteiger partial charge in [0, 0.05) is 6.07 Å². The second-order valence-corrected chi connectivity index (χ2v) is 3.46. The lowest BCUT2D eigenvalue weighted by Gasteiger charge is -2.09. The lowest BCUT2D eigenvalue weighted by molar-refractivity contribution is -0.388. The zero-order valence-corrected chi connectivity index (χ0v) is 8.53. The second-order valence-electron chi connectivity index (χ2n) is 2.58. The Morgan fingerprint density at radius 2 is 1.93 bits per heavy atom. The summed E-state index contributed by atoms with van der Waals surface area (Å²) in [5.74, 6) is 0. The predicted molar refractivity (Wildman–Crippen MR) is 50.4 cm³/mol. The molecule has 82 valence electrons. The molecule has 0 atom stereocenters. The summed E-state index contributed by atoms with van der Waals surface area (Å²) in [6.45, 7) is 0. The van der Waals surface area contributed by atoms with Gasteiger partial charge in [-0.05, 0) is 6.07 Å². The van der Waals surface area contributed by atoms with Crippen molar-refractivity contribution in [2.45, 2.75) is 11.1 Å². The summed E-state index contributed by atoms with van der Waals surface area (Å²) in [6.07, 6.45) is -4.72. The molecule has 0 radical (unpaired) electrons. The first-order valence-corrected chi connectivity index (χ1v) is 4.30. The Kier molecular flexibility index (Phi) is 3.15. The number of nitrogens with zero attached hydrogens (tertiary/aromatic N) is 1. The average Bonchev–Trinajstić information content (AvgIpc) is 2.00. The Balaban J connectivity index is 3.43. The maximum Gasteiger partial charge on any atom is 0.418 e. The Morgan fingerprint density at radius 1 is 1.40 bits per heavy atom. The lowest BCUT2D eigenvalue weighted by atomic mass is 10.2. The van der Waals surface area contributed by atoms with E-state index in [1.807, 2.05) is 0 Å². The highest BCUT2D eigenvalue weighted by Crippen LogP contribution is 2.39. The van der Waals surface area contributed by atoms with Crippen LogP contribution in [0, 0.1) is 10.1 Å². The molecule has 0 aromatic heterocycles. The summed E-state index contributed by atoms with van der Waals surface area (Å²) < 4.78 is 36.9. The maximum atomic E-state index is 12.3. The van der Waals surface area contributed by atoms with Gasteiger partial charge in [0.15, 0.2) is 0 Å².